The Labute approximate surface area is 91.4 Å². The standard InChI is InChI=1S/C9H19N3O2S/c1-2-10-15(13,14)12-6-5-8-3-4-9(7-12)11-8/h8-11H,2-7H2,1H3. The van der Waals surface area contributed by atoms with E-state index in [2.05, 4.69) is 10.0 Å². The van der Waals surface area contributed by atoms with Crippen LogP contribution in [0.5, 0.6) is 0 Å². The van der Waals surface area contributed by atoms with Crippen molar-refractivity contribution in [2.75, 3.05) is 19.6 Å². The first-order chi connectivity index (χ1) is 7.12. The van der Waals surface area contributed by atoms with Crippen molar-refractivity contribution in [3.63, 3.8) is 0 Å². The van der Waals surface area contributed by atoms with Crippen molar-refractivity contribution >= 4 is 10.2 Å². The van der Waals surface area contributed by atoms with Crippen LogP contribution in [-0.4, -0.2) is 44.4 Å². The highest BCUT2D eigenvalue weighted by Crippen LogP contribution is 2.21. The molecule has 5 nitrogen and oxygen atoms in total. The van der Waals surface area contributed by atoms with Gasteiger partial charge in [-0.25, -0.2) is 4.72 Å². The lowest BCUT2D eigenvalue weighted by Crippen LogP contribution is -2.44. The van der Waals surface area contributed by atoms with Gasteiger partial charge >= 0.3 is 0 Å². The average Bonchev–Trinajstić information content (AvgIpc) is 2.44. The van der Waals surface area contributed by atoms with Crippen molar-refractivity contribution in [3.05, 3.63) is 0 Å². The summed E-state index contributed by atoms with van der Waals surface area (Å²) in [4.78, 5) is 0. The van der Waals surface area contributed by atoms with Gasteiger partial charge in [0.25, 0.3) is 10.2 Å². The Hall–Kier alpha value is -0.170. The third-order valence-corrected chi connectivity index (χ3v) is 4.82. The van der Waals surface area contributed by atoms with Crippen LogP contribution in [-0.2, 0) is 10.2 Å². The maximum Gasteiger partial charge on any atom is 0.279 e. The predicted octanol–water partition coefficient (Wildman–Crippen LogP) is -0.333. The molecule has 0 aliphatic carbocycles. The van der Waals surface area contributed by atoms with Crippen molar-refractivity contribution in [2.45, 2.75) is 38.3 Å². The molecule has 0 aromatic heterocycles. The summed E-state index contributed by atoms with van der Waals surface area (Å²) in [5.41, 5.74) is 0. The third-order valence-electron chi connectivity index (χ3n) is 3.15. The molecule has 0 radical (unpaired) electrons. The summed E-state index contributed by atoms with van der Waals surface area (Å²) < 4.78 is 27.7. The van der Waals surface area contributed by atoms with Gasteiger partial charge in [0, 0.05) is 31.7 Å². The Balaban J connectivity index is 2.04. The Morgan fingerprint density at radius 2 is 2.07 bits per heavy atom. The summed E-state index contributed by atoms with van der Waals surface area (Å²) in [5.74, 6) is 0. The molecular weight excluding hydrogens is 214 g/mol. The van der Waals surface area contributed by atoms with Gasteiger partial charge < -0.3 is 5.32 Å². The van der Waals surface area contributed by atoms with E-state index in [0.29, 0.717) is 31.7 Å². The molecule has 0 saturated carbocycles. The van der Waals surface area contributed by atoms with Crippen molar-refractivity contribution < 1.29 is 8.42 Å². The minimum Gasteiger partial charge on any atom is -0.310 e. The zero-order chi connectivity index (χ0) is 10.9. The minimum atomic E-state index is -3.24. The summed E-state index contributed by atoms with van der Waals surface area (Å²) in [6.07, 6.45) is 3.23. The Morgan fingerprint density at radius 1 is 1.33 bits per heavy atom. The number of fused-ring (bicyclic) bond motifs is 2. The van der Waals surface area contributed by atoms with Crippen molar-refractivity contribution in [3.8, 4) is 0 Å². The molecular formula is C9H19N3O2S. The molecule has 2 aliphatic rings. The zero-order valence-electron chi connectivity index (χ0n) is 9.07. The smallest absolute Gasteiger partial charge is 0.279 e. The van der Waals surface area contributed by atoms with Gasteiger partial charge in [-0.3, -0.25) is 0 Å². The largest absolute Gasteiger partial charge is 0.310 e. The van der Waals surface area contributed by atoms with Crippen molar-refractivity contribution in [1.82, 2.24) is 14.3 Å². The normalized spacial score (nSPS) is 32.9. The van der Waals surface area contributed by atoms with E-state index in [-0.39, 0.29) is 0 Å². The summed E-state index contributed by atoms with van der Waals surface area (Å²) >= 11 is 0. The molecule has 2 atom stereocenters. The Morgan fingerprint density at radius 3 is 2.80 bits per heavy atom. The van der Waals surface area contributed by atoms with Gasteiger partial charge in [0.05, 0.1) is 0 Å². The first-order valence-electron chi connectivity index (χ1n) is 5.62. The molecule has 2 aliphatic heterocycles. The van der Waals surface area contributed by atoms with Gasteiger partial charge in [-0.05, 0) is 19.3 Å². The summed E-state index contributed by atoms with van der Waals surface area (Å²) in [6.45, 7) is 3.52. The van der Waals surface area contributed by atoms with E-state index in [1.165, 1.54) is 6.42 Å². The van der Waals surface area contributed by atoms with Gasteiger partial charge in [-0.1, -0.05) is 6.92 Å². The van der Waals surface area contributed by atoms with Crippen molar-refractivity contribution in [2.24, 2.45) is 0 Å². The van der Waals surface area contributed by atoms with Crippen LogP contribution in [0.25, 0.3) is 0 Å². The molecule has 6 heteroatoms. The fourth-order valence-electron chi connectivity index (χ4n) is 2.40. The number of hydrogen-bond donors (Lipinski definition) is 2. The molecule has 2 heterocycles. The quantitative estimate of drug-likeness (QED) is 0.701. The maximum absolute atomic E-state index is 11.8. The average molecular weight is 233 g/mol. The molecule has 2 unspecified atom stereocenters. The van der Waals surface area contributed by atoms with Crippen LogP contribution < -0.4 is 10.0 Å². The van der Waals surface area contributed by atoms with Crippen LogP contribution >= 0.6 is 0 Å². The molecule has 0 spiro atoms. The summed E-state index contributed by atoms with van der Waals surface area (Å²) in [7, 11) is -3.24. The van der Waals surface area contributed by atoms with Crippen LogP contribution in [0.2, 0.25) is 0 Å². The van der Waals surface area contributed by atoms with E-state index in [0.717, 1.165) is 12.8 Å². The highest BCUT2D eigenvalue weighted by atomic mass is 32.2. The lowest BCUT2D eigenvalue weighted by Gasteiger charge is -2.23. The SMILES string of the molecule is CCNS(=O)(=O)N1CCC2CCC(C1)N2. The highest BCUT2D eigenvalue weighted by molar-refractivity contribution is 7.87. The van der Waals surface area contributed by atoms with E-state index >= 15 is 0 Å². The molecule has 0 amide bonds. The van der Waals surface area contributed by atoms with E-state index in [9.17, 15) is 8.42 Å². The molecule has 0 aromatic carbocycles. The molecule has 2 N–H and O–H groups in total. The number of nitrogens with zero attached hydrogens (tertiary/aromatic N) is 1. The lowest BCUT2D eigenvalue weighted by molar-refractivity contribution is 0.378. The first kappa shape index (κ1) is 11.3. The molecule has 88 valence electrons. The molecule has 15 heavy (non-hydrogen) atoms. The third kappa shape index (κ3) is 2.50. The first-order valence-corrected chi connectivity index (χ1v) is 7.06. The van der Waals surface area contributed by atoms with Crippen LogP contribution in [0.15, 0.2) is 0 Å². The van der Waals surface area contributed by atoms with Gasteiger partial charge in [-0.2, -0.15) is 12.7 Å². The van der Waals surface area contributed by atoms with Crippen LogP contribution in [0.1, 0.15) is 26.2 Å². The Bertz CT molecular complexity index is 317. The second kappa shape index (κ2) is 4.37. The van der Waals surface area contributed by atoms with E-state index in [1.807, 2.05) is 0 Å². The molecule has 2 saturated heterocycles. The summed E-state index contributed by atoms with van der Waals surface area (Å²) in [5, 5.41) is 3.46. The second-order valence-corrected chi connectivity index (χ2v) is 6.04. The monoisotopic (exact) mass is 233 g/mol. The van der Waals surface area contributed by atoms with Gasteiger partial charge in [0.1, 0.15) is 0 Å². The number of hydrogen-bond acceptors (Lipinski definition) is 3. The second-order valence-electron chi connectivity index (χ2n) is 4.29. The maximum atomic E-state index is 11.8. The Kier molecular flexibility index (Phi) is 3.30. The van der Waals surface area contributed by atoms with Crippen LogP contribution in [0, 0.1) is 0 Å². The van der Waals surface area contributed by atoms with Gasteiger partial charge in [-0.15, -0.1) is 0 Å². The van der Waals surface area contributed by atoms with Gasteiger partial charge in [0.2, 0.25) is 0 Å². The lowest BCUT2D eigenvalue weighted by atomic mass is 10.1. The molecule has 2 rings (SSSR count). The number of rotatable bonds is 3. The van der Waals surface area contributed by atoms with Gasteiger partial charge in [0.15, 0.2) is 0 Å². The zero-order valence-corrected chi connectivity index (χ0v) is 9.89. The number of nitrogens with one attached hydrogen (secondary N) is 2. The van der Waals surface area contributed by atoms with E-state index in [1.54, 1.807) is 11.2 Å². The van der Waals surface area contributed by atoms with Crippen LogP contribution in [0.3, 0.4) is 0 Å². The topological polar surface area (TPSA) is 61.4 Å². The molecule has 2 fully saturated rings. The fraction of sp³-hybridized carbons (Fsp3) is 1.00. The molecule has 0 aromatic rings. The van der Waals surface area contributed by atoms with Crippen molar-refractivity contribution in [1.29, 1.82) is 0 Å². The molecule has 2 bridgehead atoms. The predicted molar refractivity (Wildman–Crippen MR) is 58.7 cm³/mol. The minimum absolute atomic E-state index is 0.353. The highest BCUT2D eigenvalue weighted by Gasteiger charge is 2.33. The van der Waals surface area contributed by atoms with E-state index < -0.39 is 10.2 Å². The fourth-order valence-corrected chi connectivity index (χ4v) is 3.67. The summed E-state index contributed by atoms with van der Waals surface area (Å²) in [6, 6.07) is 0.878. The van der Waals surface area contributed by atoms with E-state index in [4.69, 9.17) is 0 Å². The van der Waals surface area contributed by atoms with Crippen LogP contribution in [0.4, 0.5) is 0 Å².